The molecular weight excluding hydrogens is 363 g/mol. The molecule has 0 unspecified atom stereocenters. The van der Waals surface area contributed by atoms with Gasteiger partial charge in [-0.15, -0.1) is 0 Å². The van der Waals surface area contributed by atoms with Crippen LogP contribution >= 0.6 is 0 Å². The lowest BCUT2D eigenvalue weighted by atomic mass is 10.0. The van der Waals surface area contributed by atoms with E-state index in [-0.39, 0.29) is 11.7 Å². The van der Waals surface area contributed by atoms with E-state index in [1.54, 1.807) is 18.2 Å². The van der Waals surface area contributed by atoms with Crippen LogP contribution in [0, 0.1) is 5.82 Å². The Morgan fingerprint density at radius 2 is 1.66 bits per heavy atom. The molecule has 144 valence electrons. The molecule has 4 heteroatoms. The Morgan fingerprint density at radius 3 is 2.41 bits per heavy atom. The molecule has 1 amide bonds. The van der Waals surface area contributed by atoms with Gasteiger partial charge in [0.25, 0.3) is 0 Å². The van der Waals surface area contributed by atoms with Crippen molar-refractivity contribution >= 4 is 22.9 Å². The number of para-hydroxylation sites is 1. The molecule has 0 radical (unpaired) electrons. The lowest BCUT2D eigenvalue weighted by molar-refractivity contribution is -0.116. The second kappa shape index (κ2) is 8.15. The Balaban J connectivity index is 1.63. The highest BCUT2D eigenvalue weighted by atomic mass is 19.1. The zero-order chi connectivity index (χ0) is 20.2. The van der Waals surface area contributed by atoms with E-state index < -0.39 is 0 Å². The van der Waals surface area contributed by atoms with E-state index in [1.807, 2.05) is 43.5 Å². The van der Waals surface area contributed by atoms with Crippen molar-refractivity contribution in [2.45, 2.75) is 6.54 Å². The molecule has 0 saturated heterocycles. The van der Waals surface area contributed by atoms with Crippen LogP contribution in [0.3, 0.4) is 0 Å². The molecule has 0 fully saturated rings. The van der Waals surface area contributed by atoms with Gasteiger partial charge >= 0.3 is 0 Å². The van der Waals surface area contributed by atoms with E-state index in [0.29, 0.717) is 6.54 Å². The molecule has 0 aliphatic rings. The van der Waals surface area contributed by atoms with Gasteiger partial charge < -0.3 is 9.88 Å². The van der Waals surface area contributed by atoms with Crippen LogP contribution in [0.5, 0.6) is 0 Å². The van der Waals surface area contributed by atoms with Gasteiger partial charge in [0.05, 0.1) is 5.69 Å². The number of halogens is 1. The van der Waals surface area contributed by atoms with E-state index in [0.717, 1.165) is 33.3 Å². The smallest absolute Gasteiger partial charge is 0.244 e. The van der Waals surface area contributed by atoms with Crippen molar-refractivity contribution in [2.75, 3.05) is 0 Å². The van der Waals surface area contributed by atoms with E-state index in [2.05, 4.69) is 34.1 Å². The minimum absolute atomic E-state index is 0.193. The lowest BCUT2D eigenvalue weighted by Crippen LogP contribution is -2.20. The van der Waals surface area contributed by atoms with Crippen LogP contribution in [0.15, 0.2) is 84.9 Å². The summed E-state index contributed by atoms with van der Waals surface area (Å²) < 4.78 is 15.2. The van der Waals surface area contributed by atoms with Crippen LogP contribution in [-0.4, -0.2) is 10.5 Å². The fraction of sp³-hybridized carbons (Fsp3) is 0.0800. The van der Waals surface area contributed by atoms with Gasteiger partial charge in [-0.05, 0) is 35.4 Å². The van der Waals surface area contributed by atoms with Gasteiger partial charge in [-0.3, -0.25) is 4.79 Å². The van der Waals surface area contributed by atoms with Crippen molar-refractivity contribution in [3.8, 4) is 11.3 Å². The van der Waals surface area contributed by atoms with Crippen LogP contribution in [0.2, 0.25) is 0 Å². The topological polar surface area (TPSA) is 34.0 Å². The Hall–Kier alpha value is -3.66. The summed E-state index contributed by atoms with van der Waals surface area (Å²) in [4.78, 5) is 12.4. The number of benzene rings is 3. The maximum atomic E-state index is 13.0. The van der Waals surface area contributed by atoms with Crippen molar-refractivity contribution in [3.63, 3.8) is 0 Å². The quantitative estimate of drug-likeness (QED) is 0.465. The van der Waals surface area contributed by atoms with Crippen molar-refractivity contribution in [1.29, 1.82) is 0 Å². The average molecular weight is 384 g/mol. The molecule has 0 saturated carbocycles. The Bertz CT molecular complexity index is 1170. The van der Waals surface area contributed by atoms with Gasteiger partial charge in [0.2, 0.25) is 5.91 Å². The summed E-state index contributed by atoms with van der Waals surface area (Å²) in [6.45, 7) is 0.352. The number of nitrogens with one attached hydrogen (secondary N) is 1. The highest BCUT2D eigenvalue weighted by Gasteiger charge is 2.14. The maximum absolute atomic E-state index is 13.0. The number of nitrogens with zero attached hydrogens (tertiary/aromatic N) is 1. The zero-order valence-corrected chi connectivity index (χ0v) is 16.1. The summed E-state index contributed by atoms with van der Waals surface area (Å²) in [5.74, 6) is -0.481. The zero-order valence-electron chi connectivity index (χ0n) is 16.1. The Labute approximate surface area is 169 Å². The fourth-order valence-electron chi connectivity index (χ4n) is 3.55. The molecule has 1 aromatic heterocycles. The van der Waals surface area contributed by atoms with Crippen LogP contribution in [0.4, 0.5) is 4.39 Å². The third-order valence-electron chi connectivity index (χ3n) is 4.97. The maximum Gasteiger partial charge on any atom is 0.244 e. The number of amides is 1. The van der Waals surface area contributed by atoms with E-state index >= 15 is 0 Å². The highest BCUT2D eigenvalue weighted by Crippen LogP contribution is 2.33. The molecule has 3 nitrogen and oxygen atoms in total. The normalized spacial score (nSPS) is 11.2. The van der Waals surface area contributed by atoms with E-state index in [9.17, 15) is 9.18 Å². The number of aromatic nitrogens is 1. The SMILES string of the molecule is Cn1c(-c2ccccc2)c(C=CC(=O)NCc2ccc(F)cc2)c2ccccc21. The molecular formula is C25H21FN2O. The third-order valence-corrected chi connectivity index (χ3v) is 4.97. The Morgan fingerprint density at radius 1 is 0.966 bits per heavy atom. The first kappa shape index (κ1) is 18.7. The largest absolute Gasteiger partial charge is 0.348 e. The molecule has 0 spiro atoms. The first-order valence-corrected chi connectivity index (χ1v) is 9.46. The number of hydrogen-bond donors (Lipinski definition) is 1. The van der Waals surface area contributed by atoms with Crippen molar-refractivity contribution < 1.29 is 9.18 Å². The number of carbonyl (C=O) groups excluding carboxylic acids is 1. The van der Waals surface area contributed by atoms with Crippen LogP contribution < -0.4 is 5.32 Å². The van der Waals surface area contributed by atoms with Gasteiger partial charge in [0.15, 0.2) is 0 Å². The first-order chi connectivity index (χ1) is 14.1. The number of fused-ring (bicyclic) bond motifs is 1. The fourth-order valence-corrected chi connectivity index (χ4v) is 3.55. The number of aryl methyl sites for hydroxylation is 1. The summed E-state index contributed by atoms with van der Waals surface area (Å²) >= 11 is 0. The molecule has 4 aromatic rings. The summed E-state index contributed by atoms with van der Waals surface area (Å²) in [5.41, 5.74) is 5.12. The first-order valence-electron chi connectivity index (χ1n) is 9.46. The second-order valence-electron chi connectivity index (χ2n) is 6.88. The minimum Gasteiger partial charge on any atom is -0.348 e. The van der Waals surface area contributed by atoms with E-state index in [1.165, 1.54) is 12.1 Å². The van der Waals surface area contributed by atoms with Gasteiger partial charge in [0.1, 0.15) is 5.82 Å². The minimum atomic E-state index is -0.288. The molecule has 0 aliphatic heterocycles. The Kier molecular flexibility index (Phi) is 5.25. The number of carbonyl (C=O) groups is 1. The third kappa shape index (κ3) is 3.97. The predicted molar refractivity (Wildman–Crippen MR) is 116 cm³/mol. The van der Waals surface area contributed by atoms with Gasteiger partial charge in [-0.1, -0.05) is 60.7 Å². The predicted octanol–water partition coefficient (Wildman–Crippen LogP) is 5.31. The monoisotopic (exact) mass is 384 g/mol. The van der Waals surface area contributed by atoms with Crippen molar-refractivity contribution in [2.24, 2.45) is 7.05 Å². The summed E-state index contributed by atoms with van der Waals surface area (Å²) in [5, 5.41) is 3.94. The molecule has 1 N–H and O–H groups in total. The van der Waals surface area contributed by atoms with E-state index in [4.69, 9.17) is 0 Å². The van der Waals surface area contributed by atoms with Crippen LogP contribution in [0.1, 0.15) is 11.1 Å². The molecule has 0 aliphatic carbocycles. The summed E-state index contributed by atoms with van der Waals surface area (Å²) in [7, 11) is 2.04. The average Bonchev–Trinajstić information content (AvgIpc) is 3.04. The second-order valence-corrected chi connectivity index (χ2v) is 6.88. The lowest BCUT2D eigenvalue weighted by Gasteiger charge is -2.06. The molecule has 1 heterocycles. The summed E-state index contributed by atoms with van der Waals surface area (Å²) in [6, 6.07) is 24.4. The van der Waals surface area contributed by atoms with Gasteiger partial charge in [-0.2, -0.15) is 0 Å². The molecule has 3 aromatic carbocycles. The van der Waals surface area contributed by atoms with Crippen molar-refractivity contribution in [1.82, 2.24) is 9.88 Å². The summed E-state index contributed by atoms with van der Waals surface area (Å²) in [6.07, 6.45) is 3.42. The molecule has 0 atom stereocenters. The number of hydrogen-bond acceptors (Lipinski definition) is 1. The molecule has 4 rings (SSSR count). The van der Waals surface area contributed by atoms with Crippen molar-refractivity contribution in [3.05, 3.63) is 102 Å². The highest BCUT2D eigenvalue weighted by molar-refractivity contribution is 6.01. The van der Waals surface area contributed by atoms with Crippen LogP contribution in [0.25, 0.3) is 28.2 Å². The van der Waals surface area contributed by atoms with Gasteiger partial charge in [0, 0.05) is 36.1 Å². The number of rotatable bonds is 5. The van der Waals surface area contributed by atoms with Crippen LogP contribution in [-0.2, 0) is 18.4 Å². The standard InChI is InChI=1S/C25H21FN2O/c1-28-23-10-6-5-9-21(23)22(25(28)19-7-3-2-4-8-19)15-16-24(29)27-17-18-11-13-20(26)14-12-18/h2-16H,17H2,1H3,(H,27,29). The molecule has 0 bridgehead atoms. The van der Waals surface area contributed by atoms with Gasteiger partial charge in [-0.25, -0.2) is 4.39 Å². The molecule has 29 heavy (non-hydrogen) atoms.